The van der Waals surface area contributed by atoms with Crippen LogP contribution in [0.1, 0.15) is 10.9 Å². The van der Waals surface area contributed by atoms with Crippen LogP contribution in [-0.2, 0) is 4.79 Å². The van der Waals surface area contributed by atoms with Crippen LogP contribution >= 0.6 is 35.0 Å². The number of halogens is 2. The lowest BCUT2D eigenvalue weighted by Gasteiger charge is -2.24. The Kier molecular flexibility index (Phi) is 4.52. The van der Waals surface area contributed by atoms with E-state index in [1.165, 1.54) is 0 Å². The third-order valence-electron chi connectivity index (χ3n) is 3.45. The Labute approximate surface area is 143 Å². The van der Waals surface area contributed by atoms with Crippen LogP contribution in [0.2, 0.25) is 10.0 Å². The van der Waals surface area contributed by atoms with E-state index in [-0.39, 0.29) is 11.3 Å². The molecule has 22 heavy (non-hydrogen) atoms. The lowest BCUT2D eigenvalue weighted by molar-refractivity contribution is -0.115. The van der Waals surface area contributed by atoms with E-state index < -0.39 is 0 Å². The molecule has 3 rings (SSSR count). The maximum atomic E-state index is 12.3. The number of hydrogen-bond acceptors (Lipinski definition) is 3. The first-order valence-electron chi connectivity index (χ1n) is 6.63. The van der Waals surface area contributed by atoms with E-state index in [2.05, 4.69) is 0 Å². The van der Waals surface area contributed by atoms with Gasteiger partial charge in [0, 0.05) is 5.69 Å². The minimum atomic E-state index is -0.0735. The van der Waals surface area contributed by atoms with Gasteiger partial charge >= 0.3 is 0 Å². The number of methoxy groups -OCH3 is 1. The first kappa shape index (κ1) is 15.5. The van der Waals surface area contributed by atoms with E-state index in [0.717, 1.165) is 17.0 Å². The summed E-state index contributed by atoms with van der Waals surface area (Å²) >= 11 is 13.6. The Morgan fingerprint density at radius 2 is 1.86 bits per heavy atom. The van der Waals surface area contributed by atoms with Crippen molar-refractivity contribution in [2.45, 2.75) is 5.37 Å². The monoisotopic (exact) mass is 353 g/mol. The van der Waals surface area contributed by atoms with Crippen molar-refractivity contribution in [2.24, 2.45) is 0 Å². The van der Waals surface area contributed by atoms with Crippen LogP contribution in [-0.4, -0.2) is 18.8 Å². The summed E-state index contributed by atoms with van der Waals surface area (Å²) in [7, 11) is 1.63. The SMILES string of the molecule is COc1ccc([C@H]2SCC(=O)N2c2ccc(Cl)c(Cl)c2)cc1. The molecule has 1 amide bonds. The molecule has 1 fully saturated rings. The van der Waals surface area contributed by atoms with E-state index in [0.29, 0.717) is 15.8 Å². The maximum absolute atomic E-state index is 12.3. The molecule has 6 heteroatoms. The van der Waals surface area contributed by atoms with Gasteiger partial charge in [-0.15, -0.1) is 11.8 Å². The van der Waals surface area contributed by atoms with Crippen LogP contribution in [0.3, 0.4) is 0 Å². The molecule has 0 saturated carbocycles. The fourth-order valence-corrected chi connectivity index (χ4v) is 3.82. The number of nitrogens with zero attached hydrogens (tertiary/aromatic N) is 1. The van der Waals surface area contributed by atoms with Crippen molar-refractivity contribution < 1.29 is 9.53 Å². The number of hydrogen-bond donors (Lipinski definition) is 0. The minimum Gasteiger partial charge on any atom is -0.497 e. The van der Waals surface area contributed by atoms with Crippen molar-refractivity contribution in [3.63, 3.8) is 0 Å². The van der Waals surface area contributed by atoms with Gasteiger partial charge in [-0.2, -0.15) is 0 Å². The molecule has 0 aliphatic carbocycles. The number of rotatable bonds is 3. The second-order valence-electron chi connectivity index (χ2n) is 4.80. The number of benzene rings is 2. The summed E-state index contributed by atoms with van der Waals surface area (Å²) in [6.07, 6.45) is 0. The predicted octanol–water partition coefficient (Wildman–Crippen LogP) is 4.78. The maximum Gasteiger partial charge on any atom is 0.238 e. The summed E-state index contributed by atoms with van der Waals surface area (Å²) in [5.41, 5.74) is 1.80. The highest BCUT2D eigenvalue weighted by molar-refractivity contribution is 8.00. The molecule has 1 heterocycles. The summed E-state index contributed by atoms with van der Waals surface area (Å²) in [5, 5.41) is 0.846. The van der Waals surface area contributed by atoms with Crippen molar-refractivity contribution in [1.82, 2.24) is 0 Å². The Morgan fingerprint density at radius 3 is 2.50 bits per heavy atom. The van der Waals surface area contributed by atoms with Crippen LogP contribution in [0.5, 0.6) is 5.75 Å². The van der Waals surface area contributed by atoms with Gasteiger partial charge in [0.15, 0.2) is 0 Å². The third-order valence-corrected chi connectivity index (χ3v) is 5.40. The van der Waals surface area contributed by atoms with Crippen molar-refractivity contribution in [3.8, 4) is 5.75 Å². The molecule has 3 nitrogen and oxygen atoms in total. The summed E-state index contributed by atoms with van der Waals surface area (Å²) in [5.74, 6) is 1.29. The van der Waals surface area contributed by atoms with Gasteiger partial charge in [-0.3, -0.25) is 9.69 Å². The Balaban J connectivity index is 1.96. The zero-order valence-corrected chi connectivity index (χ0v) is 14.1. The lowest BCUT2D eigenvalue weighted by atomic mass is 10.2. The first-order valence-corrected chi connectivity index (χ1v) is 8.43. The normalized spacial score (nSPS) is 17.9. The summed E-state index contributed by atoms with van der Waals surface area (Å²) in [4.78, 5) is 14.0. The second-order valence-corrected chi connectivity index (χ2v) is 6.68. The summed E-state index contributed by atoms with van der Waals surface area (Å²) < 4.78 is 5.17. The van der Waals surface area contributed by atoms with Crippen LogP contribution in [0.15, 0.2) is 42.5 Å². The molecule has 2 aromatic carbocycles. The lowest BCUT2D eigenvalue weighted by Crippen LogP contribution is -2.27. The molecule has 0 N–H and O–H groups in total. The van der Waals surface area contributed by atoms with Crippen molar-refractivity contribution in [2.75, 3.05) is 17.8 Å². The Bertz CT molecular complexity index is 706. The average Bonchev–Trinajstić information content (AvgIpc) is 2.92. The zero-order chi connectivity index (χ0) is 15.7. The second kappa shape index (κ2) is 6.41. The standard InChI is InChI=1S/C16H13Cl2NO2S/c1-21-12-5-2-10(3-6-12)16-19(15(20)9-22-16)11-4-7-13(17)14(18)8-11/h2-8,16H,9H2,1H3/t16-/m1/s1. The van der Waals surface area contributed by atoms with Gasteiger partial charge < -0.3 is 4.74 Å². The van der Waals surface area contributed by atoms with Gasteiger partial charge in [-0.25, -0.2) is 0 Å². The molecule has 0 spiro atoms. The summed E-state index contributed by atoms with van der Waals surface area (Å²) in [6.45, 7) is 0. The fraction of sp³-hybridized carbons (Fsp3) is 0.188. The van der Waals surface area contributed by atoms with Gasteiger partial charge in [0.2, 0.25) is 5.91 Å². The topological polar surface area (TPSA) is 29.5 Å². The predicted molar refractivity (Wildman–Crippen MR) is 92.1 cm³/mol. The highest BCUT2D eigenvalue weighted by Crippen LogP contribution is 2.43. The molecule has 0 aromatic heterocycles. The van der Waals surface area contributed by atoms with E-state index in [1.54, 1.807) is 35.9 Å². The van der Waals surface area contributed by atoms with Crippen molar-refractivity contribution >= 4 is 46.6 Å². The van der Waals surface area contributed by atoms with Gasteiger partial charge in [-0.1, -0.05) is 35.3 Å². The number of amides is 1. The smallest absolute Gasteiger partial charge is 0.238 e. The average molecular weight is 354 g/mol. The molecule has 0 radical (unpaired) electrons. The molecule has 1 aliphatic heterocycles. The molecule has 1 atom stereocenters. The Morgan fingerprint density at radius 1 is 1.14 bits per heavy atom. The molecule has 0 bridgehead atoms. The van der Waals surface area contributed by atoms with Gasteiger partial charge in [-0.05, 0) is 35.9 Å². The molecule has 2 aromatic rings. The summed E-state index contributed by atoms with van der Waals surface area (Å²) in [6, 6.07) is 13.0. The van der Waals surface area contributed by atoms with E-state index in [4.69, 9.17) is 27.9 Å². The number of thioether (sulfide) groups is 1. The Hall–Kier alpha value is -1.36. The largest absolute Gasteiger partial charge is 0.497 e. The number of ether oxygens (including phenoxy) is 1. The van der Waals surface area contributed by atoms with Gasteiger partial charge in [0.1, 0.15) is 11.1 Å². The molecule has 114 valence electrons. The van der Waals surface area contributed by atoms with Gasteiger partial charge in [0.05, 0.1) is 22.9 Å². The molecule has 1 saturated heterocycles. The van der Waals surface area contributed by atoms with Crippen molar-refractivity contribution in [3.05, 3.63) is 58.1 Å². The molecule has 1 aliphatic rings. The minimum absolute atomic E-state index is 0.0595. The van der Waals surface area contributed by atoms with Crippen molar-refractivity contribution in [1.29, 1.82) is 0 Å². The van der Waals surface area contributed by atoms with E-state index in [1.807, 2.05) is 30.3 Å². The van der Waals surface area contributed by atoms with Crippen LogP contribution < -0.4 is 9.64 Å². The first-order chi connectivity index (χ1) is 10.6. The quantitative estimate of drug-likeness (QED) is 0.794. The third kappa shape index (κ3) is 2.91. The number of carbonyl (C=O) groups excluding carboxylic acids is 1. The van der Waals surface area contributed by atoms with E-state index >= 15 is 0 Å². The molecule has 0 unspecified atom stereocenters. The molecular weight excluding hydrogens is 341 g/mol. The van der Waals surface area contributed by atoms with Crippen LogP contribution in [0.4, 0.5) is 5.69 Å². The number of carbonyl (C=O) groups is 1. The molecular formula is C16H13Cl2NO2S. The van der Waals surface area contributed by atoms with Crippen LogP contribution in [0.25, 0.3) is 0 Å². The van der Waals surface area contributed by atoms with E-state index in [9.17, 15) is 4.79 Å². The highest BCUT2D eigenvalue weighted by Gasteiger charge is 2.34. The fourth-order valence-electron chi connectivity index (χ4n) is 2.35. The number of anilines is 1. The van der Waals surface area contributed by atoms with Gasteiger partial charge in [0.25, 0.3) is 0 Å². The zero-order valence-electron chi connectivity index (χ0n) is 11.8. The van der Waals surface area contributed by atoms with Crippen LogP contribution in [0, 0.1) is 0 Å². The highest BCUT2D eigenvalue weighted by atomic mass is 35.5.